The first-order valence-corrected chi connectivity index (χ1v) is 8.20. The molecule has 124 valence electrons. The van der Waals surface area contributed by atoms with Crippen molar-refractivity contribution in [1.82, 2.24) is 14.7 Å². The number of rotatable bonds is 4. The molecule has 1 aromatic rings. The molecule has 1 unspecified atom stereocenters. The van der Waals surface area contributed by atoms with Crippen molar-refractivity contribution in [2.75, 3.05) is 6.54 Å². The van der Waals surface area contributed by atoms with Crippen molar-refractivity contribution in [3.05, 3.63) is 30.2 Å². The molecule has 3 aliphatic rings. The smallest absolute Gasteiger partial charge is 0.275 e. The van der Waals surface area contributed by atoms with Crippen LogP contribution in [-0.4, -0.2) is 44.9 Å². The van der Waals surface area contributed by atoms with Crippen molar-refractivity contribution in [3.8, 4) is 0 Å². The van der Waals surface area contributed by atoms with Gasteiger partial charge in [0.1, 0.15) is 0 Å². The van der Waals surface area contributed by atoms with E-state index in [2.05, 4.69) is 23.6 Å². The Morgan fingerprint density at radius 2 is 2.26 bits per heavy atom. The van der Waals surface area contributed by atoms with Crippen molar-refractivity contribution < 1.29 is 4.79 Å². The van der Waals surface area contributed by atoms with Crippen LogP contribution in [-0.2, 0) is 7.05 Å². The van der Waals surface area contributed by atoms with E-state index in [1.165, 1.54) is 6.20 Å². The summed E-state index contributed by atoms with van der Waals surface area (Å²) in [6.07, 6.45) is 5.50. The minimum atomic E-state index is -0.0235. The van der Waals surface area contributed by atoms with Crippen LogP contribution in [0.3, 0.4) is 0 Å². The van der Waals surface area contributed by atoms with Gasteiger partial charge in [0, 0.05) is 49.3 Å². The summed E-state index contributed by atoms with van der Waals surface area (Å²) in [4.78, 5) is 19.4. The maximum Gasteiger partial charge on any atom is 0.275 e. The summed E-state index contributed by atoms with van der Waals surface area (Å²) in [5, 5.41) is 4.40. The van der Waals surface area contributed by atoms with Crippen molar-refractivity contribution in [1.29, 1.82) is 0 Å². The van der Waals surface area contributed by atoms with E-state index in [1.807, 2.05) is 25.1 Å². The monoisotopic (exact) mass is 315 g/mol. The SMILES string of the molecule is C=CN=C(C)c1cn(C)nc1C(=O)N1C2CC(C2)[C@@H](C)C1CN. The highest BCUT2D eigenvalue weighted by molar-refractivity contribution is 6.08. The zero-order chi connectivity index (χ0) is 16.7. The molecule has 4 rings (SSSR count). The summed E-state index contributed by atoms with van der Waals surface area (Å²) >= 11 is 0. The fourth-order valence-corrected chi connectivity index (χ4v) is 4.01. The Hall–Kier alpha value is -1.95. The molecule has 3 heterocycles. The van der Waals surface area contributed by atoms with E-state index < -0.39 is 0 Å². The van der Waals surface area contributed by atoms with Crippen molar-refractivity contribution in [3.63, 3.8) is 0 Å². The van der Waals surface area contributed by atoms with E-state index >= 15 is 0 Å². The minimum Gasteiger partial charge on any atom is -0.330 e. The summed E-state index contributed by atoms with van der Waals surface area (Å²) in [6.45, 7) is 8.21. The molecule has 1 aliphatic carbocycles. The molecule has 2 atom stereocenters. The molecule has 2 N–H and O–H groups in total. The molecule has 1 amide bonds. The Bertz CT molecular complexity index is 656. The Morgan fingerprint density at radius 1 is 1.57 bits per heavy atom. The Kier molecular flexibility index (Phi) is 4.10. The van der Waals surface area contributed by atoms with Crippen LogP contribution in [0, 0.1) is 11.8 Å². The van der Waals surface area contributed by atoms with E-state index in [0.29, 0.717) is 30.1 Å². The number of aromatic nitrogens is 2. The van der Waals surface area contributed by atoms with Crippen LogP contribution >= 0.6 is 0 Å². The van der Waals surface area contributed by atoms with Crippen LogP contribution in [0.5, 0.6) is 0 Å². The average molecular weight is 315 g/mol. The first kappa shape index (κ1) is 15.9. The number of nitrogens with zero attached hydrogens (tertiary/aromatic N) is 4. The number of hydrogen-bond acceptors (Lipinski definition) is 4. The highest BCUT2D eigenvalue weighted by Crippen LogP contribution is 2.46. The molecule has 0 spiro atoms. The lowest BCUT2D eigenvalue weighted by Gasteiger charge is -2.57. The van der Waals surface area contributed by atoms with Crippen LogP contribution in [0.25, 0.3) is 0 Å². The first-order chi connectivity index (χ1) is 11.0. The largest absolute Gasteiger partial charge is 0.330 e. The second kappa shape index (κ2) is 5.92. The normalized spacial score (nSPS) is 30.1. The summed E-state index contributed by atoms with van der Waals surface area (Å²) in [7, 11) is 1.82. The zero-order valence-electron chi connectivity index (χ0n) is 14.1. The lowest BCUT2D eigenvalue weighted by Crippen LogP contribution is -2.65. The number of carbonyl (C=O) groups is 1. The lowest BCUT2D eigenvalue weighted by molar-refractivity contribution is -0.0517. The molecule has 1 aromatic heterocycles. The zero-order valence-corrected chi connectivity index (χ0v) is 14.1. The van der Waals surface area contributed by atoms with Crippen molar-refractivity contribution in [2.45, 2.75) is 38.8 Å². The molecule has 0 radical (unpaired) electrons. The molecule has 23 heavy (non-hydrogen) atoms. The summed E-state index contributed by atoms with van der Waals surface area (Å²) < 4.78 is 1.67. The highest BCUT2D eigenvalue weighted by atomic mass is 16.2. The van der Waals surface area contributed by atoms with Crippen molar-refractivity contribution in [2.24, 2.45) is 29.6 Å². The number of aryl methyl sites for hydroxylation is 1. The van der Waals surface area contributed by atoms with Gasteiger partial charge in [-0.3, -0.25) is 14.5 Å². The average Bonchev–Trinajstić information content (AvgIpc) is 2.87. The van der Waals surface area contributed by atoms with Gasteiger partial charge in [-0.1, -0.05) is 13.5 Å². The van der Waals surface area contributed by atoms with E-state index in [9.17, 15) is 4.79 Å². The van der Waals surface area contributed by atoms with Crippen molar-refractivity contribution >= 4 is 11.6 Å². The van der Waals surface area contributed by atoms with E-state index in [4.69, 9.17) is 5.73 Å². The lowest BCUT2D eigenvalue weighted by atomic mass is 9.64. The summed E-state index contributed by atoms with van der Waals surface area (Å²) in [6, 6.07) is 0.412. The van der Waals surface area contributed by atoms with E-state index in [0.717, 1.165) is 24.1 Å². The van der Waals surface area contributed by atoms with Gasteiger partial charge in [-0.15, -0.1) is 0 Å². The molecule has 3 fully saturated rings. The molecule has 1 saturated carbocycles. The standard InChI is InChI=1S/C17H25N5O/c1-5-19-11(3)14-9-21(4)20-16(14)17(23)22-13-6-12(7-13)10(2)15(22)8-18/h5,9-10,12-13,15H,1,6-8,18H2,2-4H3/t10-,12?,13?,15?/m1/s1. The molecule has 2 aliphatic heterocycles. The second-order valence-electron chi connectivity index (χ2n) is 6.72. The van der Waals surface area contributed by atoms with Crippen LogP contribution < -0.4 is 5.73 Å². The predicted octanol–water partition coefficient (Wildman–Crippen LogP) is 1.57. The topological polar surface area (TPSA) is 76.5 Å². The third kappa shape index (κ3) is 2.51. The third-order valence-electron chi connectivity index (χ3n) is 5.43. The number of piperidine rings is 2. The fourth-order valence-electron chi connectivity index (χ4n) is 4.01. The van der Waals surface area contributed by atoms with Crippen LogP contribution in [0.4, 0.5) is 0 Å². The molecule has 0 aromatic carbocycles. The van der Waals surface area contributed by atoms with Gasteiger partial charge >= 0.3 is 0 Å². The quantitative estimate of drug-likeness (QED) is 0.857. The number of fused-ring (bicyclic) bond motifs is 2. The second-order valence-corrected chi connectivity index (χ2v) is 6.72. The van der Waals surface area contributed by atoms with Gasteiger partial charge in [0.15, 0.2) is 5.69 Å². The van der Waals surface area contributed by atoms with Gasteiger partial charge in [-0.05, 0) is 31.6 Å². The van der Waals surface area contributed by atoms with Gasteiger partial charge < -0.3 is 10.6 Å². The van der Waals surface area contributed by atoms with Crippen LogP contribution in [0.1, 0.15) is 42.7 Å². The van der Waals surface area contributed by atoms with Gasteiger partial charge in [0.25, 0.3) is 5.91 Å². The molecular weight excluding hydrogens is 290 g/mol. The number of aliphatic imine (C=N–C) groups is 1. The minimum absolute atomic E-state index is 0.0235. The maximum absolute atomic E-state index is 13.2. The highest BCUT2D eigenvalue weighted by Gasteiger charge is 2.50. The molecule has 2 bridgehead atoms. The first-order valence-electron chi connectivity index (χ1n) is 8.20. The molecule has 6 nitrogen and oxygen atoms in total. The van der Waals surface area contributed by atoms with Gasteiger partial charge in [0.05, 0.1) is 0 Å². The Balaban J connectivity index is 1.97. The number of carbonyl (C=O) groups excluding carboxylic acids is 1. The fraction of sp³-hybridized carbons (Fsp3) is 0.588. The van der Waals surface area contributed by atoms with E-state index in [1.54, 1.807) is 4.68 Å². The Labute approximate surface area is 137 Å². The molecular formula is C17H25N5O. The number of amides is 1. The van der Waals surface area contributed by atoms with E-state index in [-0.39, 0.29) is 11.9 Å². The predicted molar refractivity (Wildman–Crippen MR) is 90.3 cm³/mol. The summed E-state index contributed by atoms with van der Waals surface area (Å²) in [5.41, 5.74) is 7.95. The third-order valence-corrected chi connectivity index (χ3v) is 5.43. The number of nitrogens with two attached hydrogens (primary N) is 1. The van der Waals surface area contributed by atoms with Crippen LogP contribution in [0.2, 0.25) is 0 Å². The molecule has 6 heteroatoms. The van der Waals surface area contributed by atoms with Gasteiger partial charge in [0.2, 0.25) is 0 Å². The number of hydrogen-bond donors (Lipinski definition) is 1. The summed E-state index contributed by atoms with van der Waals surface area (Å²) in [5.74, 6) is 1.14. The van der Waals surface area contributed by atoms with Gasteiger partial charge in [-0.2, -0.15) is 5.10 Å². The Morgan fingerprint density at radius 3 is 2.87 bits per heavy atom. The maximum atomic E-state index is 13.2. The molecule has 2 saturated heterocycles. The van der Waals surface area contributed by atoms with Gasteiger partial charge in [-0.25, -0.2) is 0 Å². The van der Waals surface area contributed by atoms with Crippen LogP contribution in [0.15, 0.2) is 24.0 Å².